The number of piperazine rings is 1. The van der Waals surface area contributed by atoms with Gasteiger partial charge in [-0.15, -0.1) is 0 Å². The highest BCUT2D eigenvalue weighted by Crippen LogP contribution is 2.25. The molecule has 1 saturated heterocycles. The monoisotopic (exact) mass is 381 g/mol. The molecule has 0 saturated carbocycles. The van der Waals surface area contributed by atoms with Gasteiger partial charge in [0.05, 0.1) is 12.8 Å². The number of hydrogen-bond acceptors (Lipinski definition) is 3. The maximum absolute atomic E-state index is 5.62. The third-order valence-electron chi connectivity index (χ3n) is 4.73. The maximum Gasteiger partial charge on any atom is 0.173 e. The number of anilines is 1. The normalized spacial score (nSPS) is 15.1. The molecular formula is C22H27N3OS. The molecule has 0 atom stereocenters. The van der Waals surface area contributed by atoms with Gasteiger partial charge in [0.2, 0.25) is 0 Å². The lowest BCUT2D eigenvalue weighted by atomic mass is 10.2. The Labute approximate surface area is 167 Å². The van der Waals surface area contributed by atoms with Gasteiger partial charge in [0.15, 0.2) is 5.11 Å². The number of ether oxygens (including phenoxy) is 1. The highest BCUT2D eigenvalue weighted by atomic mass is 32.1. The van der Waals surface area contributed by atoms with Crippen molar-refractivity contribution in [1.82, 2.24) is 9.80 Å². The summed E-state index contributed by atoms with van der Waals surface area (Å²) in [6.45, 7) is 6.90. The van der Waals surface area contributed by atoms with Gasteiger partial charge in [-0.2, -0.15) is 0 Å². The van der Waals surface area contributed by atoms with Crippen LogP contribution in [-0.2, 0) is 0 Å². The highest BCUT2D eigenvalue weighted by molar-refractivity contribution is 7.80. The van der Waals surface area contributed by atoms with Gasteiger partial charge in [-0.05, 0) is 42.4 Å². The number of aryl methyl sites for hydroxylation is 1. The molecule has 0 bridgehead atoms. The highest BCUT2D eigenvalue weighted by Gasteiger charge is 2.18. The molecule has 0 aromatic heterocycles. The molecule has 142 valence electrons. The average Bonchev–Trinajstić information content (AvgIpc) is 2.69. The van der Waals surface area contributed by atoms with Crippen molar-refractivity contribution < 1.29 is 4.74 Å². The fraction of sp³-hybridized carbons (Fsp3) is 0.318. The summed E-state index contributed by atoms with van der Waals surface area (Å²) >= 11 is 5.62. The van der Waals surface area contributed by atoms with E-state index in [0.717, 1.165) is 49.3 Å². The zero-order valence-electron chi connectivity index (χ0n) is 16.0. The Morgan fingerprint density at radius 3 is 2.56 bits per heavy atom. The van der Waals surface area contributed by atoms with E-state index in [1.54, 1.807) is 7.11 Å². The van der Waals surface area contributed by atoms with Crippen LogP contribution >= 0.6 is 12.2 Å². The lowest BCUT2D eigenvalue weighted by Gasteiger charge is -2.35. The molecule has 1 N–H and O–H groups in total. The second-order valence-corrected chi connectivity index (χ2v) is 7.12. The Bertz CT molecular complexity index is 783. The third-order valence-corrected chi connectivity index (χ3v) is 5.09. The topological polar surface area (TPSA) is 27.7 Å². The molecule has 27 heavy (non-hydrogen) atoms. The van der Waals surface area contributed by atoms with Crippen molar-refractivity contribution in [3.63, 3.8) is 0 Å². The lowest BCUT2D eigenvalue weighted by Crippen LogP contribution is -2.49. The average molecular weight is 382 g/mol. The van der Waals surface area contributed by atoms with E-state index in [9.17, 15) is 0 Å². The Morgan fingerprint density at radius 2 is 1.85 bits per heavy atom. The van der Waals surface area contributed by atoms with Crippen molar-refractivity contribution in [3.8, 4) is 5.75 Å². The summed E-state index contributed by atoms with van der Waals surface area (Å²) in [5, 5.41) is 4.11. The van der Waals surface area contributed by atoms with Gasteiger partial charge in [0, 0.05) is 32.7 Å². The molecule has 5 heteroatoms. The molecule has 2 aromatic rings. The number of rotatable bonds is 5. The van der Waals surface area contributed by atoms with Gasteiger partial charge in [-0.25, -0.2) is 0 Å². The van der Waals surface area contributed by atoms with E-state index in [4.69, 9.17) is 17.0 Å². The first-order valence-electron chi connectivity index (χ1n) is 9.30. The minimum atomic E-state index is 0.762. The molecule has 2 aromatic carbocycles. The number of nitrogens with one attached hydrogen (secondary N) is 1. The van der Waals surface area contributed by atoms with Crippen molar-refractivity contribution in [1.29, 1.82) is 0 Å². The molecule has 0 aliphatic carbocycles. The lowest BCUT2D eigenvalue weighted by molar-refractivity contribution is 0.199. The summed E-state index contributed by atoms with van der Waals surface area (Å²) in [5.41, 5.74) is 3.35. The van der Waals surface area contributed by atoms with E-state index in [-0.39, 0.29) is 0 Å². The van der Waals surface area contributed by atoms with E-state index in [0.29, 0.717) is 0 Å². The molecular weight excluding hydrogens is 354 g/mol. The van der Waals surface area contributed by atoms with Crippen LogP contribution in [-0.4, -0.2) is 54.7 Å². The molecule has 0 spiro atoms. The number of methoxy groups -OCH3 is 1. The molecule has 4 nitrogen and oxygen atoms in total. The Kier molecular flexibility index (Phi) is 6.85. The van der Waals surface area contributed by atoms with Crippen LogP contribution in [0.5, 0.6) is 5.75 Å². The van der Waals surface area contributed by atoms with Crippen LogP contribution in [0, 0.1) is 6.92 Å². The van der Waals surface area contributed by atoms with E-state index < -0.39 is 0 Å². The van der Waals surface area contributed by atoms with Crippen LogP contribution in [0.3, 0.4) is 0 Å². The molecule has 1 heterocycles. The summed E-state index contributed by atoms with van der Waals surface area (Å²) in [4.78, 5) is 4.68. The van der Waals surface area contributed by atoms with Crippen molar-refractivity contribution in [3.05, 3.63) is 65.7 Å². The SMILES string of the molecule is COc1ccc(C)cc1NC(=S)N1CCN(CC=Cc2ccccc2)CC1. The van der Waals surface area contributed by atoms with Gasteiger partial charge in [0.1, 0.15) is 5.75 Å². The van der Waals surface area contributed by atoms with E-state index in [1.807, 2.05) is 18.2 Å². The van der Waals surface area contributed by atoms with Crippen LogP contribution in [0.15, 0.2) is 54.6 Å². The van der Waals surface area contributed by atoms with Crippen molar-refractivity contribution in [2.75, 3.05) is 45.2 Å². The minimum absolute atomic E-state index is 0.762. The quantitative estimate of drug-likeness (QED) is 0.790. The number of benzene rings is 2. The van der Waals surface area contributed by atoms with Crippen LogP contribution in [0.1, 0.15) is 11.1 Å². The summed E-state index contributed by atoms with van der Waals surface area (Å²) in [6.07, 6.45) is 4.42. The fourth-order valence-corrected chi connectivity index (χ4v) is 3.44. The smallest absolute Gasteiger partial charge is 0.173 e. The third kappa shape index (κ3) is 5.55. The van der Waals surface area contributed by atoms with Gasteiger partial charge < -0.3 is 15.0 Å². The zero-order chi connectivity index (χ0) is 19.1. The Hall–Kier alpha value is -2.37. The zero-order valence-corrected chi connectivity index (χ0v) is 16.8. The molecule has 1 fully saturated rings. The first-order valence-corrected chi connectivity index (χ1v) is 9.71. The van der Waals surface area contributed by atoms with Crippen molar-refractivity contribution >= 4 is 29.1 Å². The van der Waals surface area contributed by atoms with Gasteiger partial charge in [-0.3, -0.25) is 4.90 Å². The standard InChI is InChI=1S/C22H27N3OS/c1-18-10-11-21(26-2)20(17-18)23-22(27)25-15-13-24(14-16-25)12-6-9-19-7-4-3-5-8-19/h3-11,17H,12-16H2,1-2H3,(H,23,27). The predicted molar refractivity (Wildman–Crippen MR) is 117 cm³/mol. The summed E-state index contributed by atoms with van der Waals surface area (Å²) in [5.74, 6) is 0.813. The molecule has 0 radical (unpaired) electrons. The predicted octanol–water partition coefficient (Wildman–Crippen LogP) is 4.03. The largest absolute Gasteiger partial charge is 0.495 e. The van der Waals surface area contributed by atoms with E-state index in [2.05, 4.69) is 64.5 Å². The molecule has 1 aliphatic heterocycles. The second kappa shape index (κ2) is 9.53. The number of thiocarbonyl (C=S) groups is 1. The fourth-order valence-electron chi connectivity index (χ4n) is 3.15. The van der Waals surface area contributed by atoms with Crippen molar-refractivity contribution in [2.24, 2.45) is 0 Å². The molecule has 3 rings (SSSR count). The Balaban J connectivity index is 1.48. The Morgan fingerprint density at radius 1 is 1.11 bits per heavy atom. The molecule has 0 amide bonds. The molecule has 1 aliphatic rings. The van der Waals surface area contributed by atoms with Crippen LogP contribution < -0.4 is 10.1 Å². The second-order valence-electron chi connectivity index (χ2n) is 6.73. The first kappa shape index (κ1) is 19.4. The number of hydrogen-bond donors (Lipinski definition) is 1. The maximum atomic E-state index is 5.62. The first-order chi connectivity index (χ1) is 13.2. The summed E-state index contributed by atoms with van der Waals surface area (Å²) in [6, 6.07) is 16.5. The van der Waals surface area contributed by atoms with Gasteiger partial charge in [-0.1, -0.05) is 48.6 Å². The minimum Gasteiger partial charge on any atom is -0.495 e. The number of nitrogens with zero attached hydrogens (tertiary/aromatic N) is 2. The summed E-state index contributed by atoms with van der Waals surface area (Å²) in [7, 11) is 1.68. The van der Waals surface area contributed by atoms with E-state index in [1.165, 1.54) is 11.1 Å². The van der Waals surface area contributed by atoms with Crippen LogP contribution in [0.2, 0.25) is 0 Å². The van der Waals surface area contributed by atoms with Crippen LogP contribution in [0.4, 0.5) is 5.69 Å². The van der Waals surface area contributed by atoms with Crippen LogP contribution in [0.25, 0.3) is 6.08 Å². The van der Waals surface area contributed by atoms with E-state index >= 15 is 0 Å². The van der Waals surface area contributed by atoms with Gasteiger partial charge >= 0.3 is 0 Å². The van der Waals surface area contributed by atoms with Crippen molar-refractivity contribution in [2.45, 2.75) is 6.92 Å². The molecule has 0 unspecified atom stereocenters. The summed E-state index contributed by atoms with van der Waals surface area (Å²) < 4.78 is 5.43. The van der Waals surface area contributed by atoms with Gasteiger partial charge in [0.25, 0.3) is 0 Å².